The van der Waals surface area contributed by atoms with Gasteiger partial charge in [0, 0.05) is 18.9 Å². The van der Waals surface area contributed by atoms with Crippen molar-refractivity contribution in [2.45, 2.75) is 45.8 Å². The molecule has 1 aromatic heterocycles. The molecule has 0 fully saturated rings. The van der Waals surface area contributed by atoms with Crippen LogP contribution in [0.4, 0.5) is 4.39 Å². The van der Waals surface area contributed by atoms with Crippen molar-refractivity contribution in [1.82, 2.24) is 4.57 Å². The maximum atomic E-state index is 13.1. The number of hydrogen-bond donors (Lipinski definition) is 1. The Hall–Kier alpha value is -2.96. The standard InChI is InChI=1S/C20H22FNO5/c1-4-9-20(2,3)27-19(26)16-12-22(11-15(17(16)23)18(24)25)10-13-5-7-14(21)8-6-13/h5-8,11-12H,4,9-10H2,1-3H3,(H,24,25). The number of esters is 1. The lowest BCUT2D eigenvalue weighted by Gasteiger charge is -2.24. The molecule has 1 aromatic carbocycles. The van der Waals surface area contributed by atoms with E-state index in [0.29, 0.717) is 12.0 Å². The van der Waals surface area contributed by atoms with Crippen molar-refractivity contribution < 1.29 is 23.8 Å². The van der Waals surface area contributed by atoms with Gasteiger partial charge in [-0.1, -0.05) is 25.5 Å². The first-order chi connectivity index (χ1) is 12.6. The van der Waals surface area contributed by atoms with Crippen molar-refractivity contribution in [3.63, 3.8) is 0 Å². The monoisotopic (exact) mass is 375 g/mol. The van der Waals surface area contributed by atoms with E-state index in [1.807, 2.05) is 6.92 Å². The third-order valence-electron chi connectivity index (χ3n) is 4.03. The highest BCUT2D eigenvalue weighted by Gasteiger charge is 2.26. The first-order valence-corrected chi connectivity index (χ1v) is 8.58. The molecule has 7 heteroatoms. The van der Waals surface area contributed by atoms with E-state index < -0.39 is 34.3 Å². The summed E-state index contributed by atoms with van der Waals surface area (Å²) in [4.78, 5) is 36.3. The van der Waals surface area contributed by atoms with Crippen molar-refractivity contribution in [3.05, 3.63) is 69.4 Å². The van der Waals surface area contributed by atoms with Gasteiger partial charge in [0.2, 0.25) is 5.43 Å². The molecule has 0 aliphatic heterocycles. The number of carbonyl (C=O) groups excluding carboxylic acids is 1. The number of pyridine rings is 1. The SMILES string of the molecule is CCCC(C)(C)OC(=O)c1cn(Cc2ccc(F)cc2)cc(C(=O)O)c1=O. The Morgan fingerprint density at radius 3 is 2.30 bits per heavy atom. The summed E-state index contributed by atoms with van der Waals surface area (Å²) in [6, 6.07) is 5.63. The first kappa shape index (κ1) is 20.4. The predicted octanol–water partition coefficient (Wildman–Crippen LogP) is 3.47. The van der Waals surface area contributed by atoms with Gasteiger partial charge in [-0.3, -0.25) is 4.79 Å². The molecular weight excluding hydrogens is 353 g/mol. The molecule has 0 atom stereocenters. The van der Waals surface area contributed by atoms with Gasteiger partial charge in [0.05, 0.1) is 0 Å². The number of rotatable bonds is 7. The Morgan fingerprint density at radius 2 is 1.74 bits per heavy atom. The summed E-state index contributed by atoms with van der Waals surface area (Å²) in [5.74, 6) is -2.70. The summed E-state index contributed by atoms with van der Waals surface area (Å²) in [5, 5.41) is 9.30. The zero-order chi connectivity index (χ0) is 20.2. The van der Waals surface area contributed by atoms with Gasteiger partial charge in [-0.15, -0.1) is 0 Å². The number of carboxylic acid groups (broad SMARTS) is 1. The topological polar surface area (TPSA) is 85.6 Å². The second-order valence-corrected chi connectivity index (χ2v) is 6.92. The number of carboxylic acids is 1. The number of aromatic carboxylic acids is 1. The molecule has 0 saturated carbocycles. The highest BCUT2D eigenvalue weighted by atomic mass is 19.1. The Balaban J connectivity index is 2.42. The molecule has 2 aromatic rings. The third-order valence-corrected chi connectivity index (χ3v) is 4.03. The number of carbonyl (C=O) groups is 2. The molecule has 1 N–H and O–H groups in total. The van der Waals surface area contributed by atoms with Gasteiger partial charge in [0.15, 0.2) is 0 Å². The van der Waals surface area contributed by atoms with Gasteiger partial charge in [-0.05, 0) is 38.0 Å². The van der Waals surface area contributed by atoms with Gasteiger partial charge in [-0.25, -0.2) is 14.0 Å². The molecule has 6 nitrogen and oxygen atoms in total. The maximum absolute atomic E-state index is 13.1. The normalized spacial score (nSPS) is 11.3. The van der Waals surface area contributed by atoms with Crippen molar-refractivity contribution in [2.75, 3.05) is 0 Å². The molecule has 0 spiro atoms. The van der Waals surface area contributed by atoms with E-state index in [2.05, 4.69) is 0 Å². The zero-order valence-electron chi connectivity index (χ0n) is 15.5. The largest absolute Gasteiger partial charge is 0.477 e. The van der Waals surface area contributed by atoms with Crippen LogP contribution in [-0.4, -0.2) is 27.2 Å². The molecule has 0 aliphatic carbocycles. The minimum atomic E-state index is -1.43. The van der Waals surface area contributed by atoms with Crippen LogP contribution in [0.15, 0.2) is 41.5 Å². The minimum absolute atomic E-state index is 0.166. The smallest absolute Gasteiger partial charge is 0.344 e. The van der Waals surface area contributed by atoms with Crippen LogP contribution in [0.1, 0.15) is 59.9 Å². The van der Waals surface area contributed by atoms with E-state index >= 15 is 0 Å². The van der Waals surface area contributed by atoms with Gasteiger partial charge >= 0.3 is 11.9 Å². The number of ether oxygens (including phenoxy) is 1. The molecule has 0 amide bonds. The third kappa shape index (κ3) is 5.26. The molecule has 0 saturated heterocycles. The maximum Gasteiger partial charge on any atom is 0.344 e. The summed E-state index contributed by atoms with van der Waals surface area (Å²) in [6.07, 6.45) is 3.80. The van der Waals surface area contributed by atoms with Crippen LogP contribution in [-0.2, 0) is 11.3 Å². The fraction of sp³-hybridized carbons (Fsp3) is 0.350. The molecule has 0 bridgehead atoms. The molecule has 1 heterocycles. The highest BCUT2D eigenvalue weighted by Crippen LogP contribution is 2.18. The van der Waals surface area contributed by atoms with Crippen LogP contribution in [0.25, 0.3) is 0 Å². The summed E-state index contributed by atoms with van der Waals surface area (Å²) in [7, 11) is 0. The molecule has 144 valence electrons. The Labute approximate surface area is 156 Å². The number of benzene rings is 1. The molecule has 0 aliphatic rings. The summed E-state index contributed by atoms with van der Waals surface area (Å²) >= 11 is 0. The lowest BCUT2D eigenvalue weighted by molar-refractivity contribution is -0.00495. The number of hydrogen-bond acceptors (Lipinski definition) is 4. The fourth-order valence-corrected chi connectivity index (χ4v) is 2.78. The van der Waals surface area contributed by atoms with Crippen LogP contribution in [0.5, 0.6) is 0 Å². The molecule has 27 heavy (non-hydrogen) atoms. The fourth-order valence-electron chi connectivity index (χ4n) is 2.78. The second kappa shape index (κ2) is 8.16. The predicted molar refractivity (Wildman–Crippen MR) is 97.6 cm³/mol. The van der Waals surface area contributed by atoms with E-state index in [9.17, 15) is 23.9 Å². The lowest BCUT2D eigenvalue weighted by Crippen LogP contribution is -2.32. The number of halogens is 1. The van der Waals surface area contributed by atoms with Crippen molar-refractivity contribution in [2.24, 2.45) is 0 Å². The number of aromatic nitrogens is 1. The molecule has 0 unspecified atom stereocenters. The van der Waals surface area contributed by atoms with Crippen LogP contribution in [0.3, 0.4) is 0 Å². The van der Waals surface area contributed by atoms with Crippen molar-refractivity contribution in [1.29, 1.82) is 0 Å². The van der Waals surface area contributed by atoms with E-state index in [1.54, 1.807) is 13.8 Å². The lowest BCUT2D eigenvalue weighted by atomic mass is 10.0. The van der Waals surface area contributed by atoms with Crippen LogP contribution in [0, 0.1) is 5.82 Å². The van der Waals surface area contributed by atoms with Gasteiger partial charge in [-0.2, -0.15) is 0 Å². The molecule has 2 rings (SSSR count). The highest BCUT2D eigenvalue weighted by molar-refractivity contribution is 5.94. The second-order valence-electron chi connectivity index (χ2n) is 6.92. The number of nitrogens with zero attached hydrogens (tertiary/aromatic N) is 1. The first-order valence-electron chi connectivity index (χ1n) is 8.58. The van der Waals surface area contributed by atoms with E-state index in [-0.39, 0.29) is 12.1 Å². The minimum Gasteiger partial charge on any atom is -0.477 e. The zero-order valence-corrected chi connectivity index (χ0v) is 15.5. The van der Waals surface area contributed by atoms with Crippen molar-refractivity contribution in [3.8, 4) is 0 Å². The molecular formula is C20H22FNO5. The summed E-state index contributed by atoms with van der Waals surface area (Å²) < 4.78 is 19.9. The van der Waals surface area contributed by atoms with Gasteiger partial charge in [0.1, 0.15) is 22.5 Å². The van der Waals surface area contributed by atoms with E-state index in [0.717, 1.165) is 12.6 Å². The van der Waals surface area contributed by atoms with Crippen LogP contribution in [0.2, 0.25) is 0 Å². The molecule has 0 radical (unpaired) electrons. The average Bonchev–Trinajstić information content (AvgIpc) is 2.57. The average molecular weight is 375 g/mol. The Bertz CT molecular complexity index is 900. The quantitative estimate of drug-likeness (QED) is 0.749. The van der Waals surface area contributed by atoms with Gasteiger partial charge < -0.3 is 14.4 Å². The van der Waals surface area contributed by atoms with Crippen LogP contribution < -0.4 is 5.43 Å². The Morgan fingerprint density at radius 1 is 1.15 bits per heavy atom. The van der Waals surface area contributed by atoms with E-state index in [1.165, 1.54) is 35.0 Å². The Kier molecular flexibility index (Phi) is 6.15. The van der Waals surface area contributed by atoms with Crippen LogP contribution >= 0.6 is 0 Å². The van der Waals surface area contributed by atoms with E-state index in [4.69, 9.17) is 4.74 Å². The summed E-state index contributed by atoms with van der Waals surface area (Å²) in [6.45, 7) is 5.56. The van der Waals surface area contributed by atoms with Crippen molar-refractivity contribution >= 4 is 11.9 Å². The van der Waals surface area contributed by atoms with Gasteiger partial charge in [0.25, 0.3) is 0 Å². The summed E-state index contributed by atoms with van der Waals surface area (Å²) in [5.41, 5.74) is -1.86.